The predicted octanol–water partition coefficient (Wildman–Crippen LogP) is 2.50. The predicted molar refractivity (Wildman–Crippen MR) is 70.7 cm³/mol. The minimum absolute atomic E-state index is 0.226. The van der Waals surface area contributed by atoms with Gasteiger partial charge in [0.15, 0.2) is 0 Å². The number of ether oxygens (including phenoxy) is 1. The molecule has 92 valence electrons. The number of aromatic nitrogens is 2. The van der Waals surface area contributed by atoms with Gasteiger partial charge in [0.05, 0.1) is 30.8 Å². The van der Waals surface area contributed by atoms with E-state index in [2.05, 4.69) is 31.2 Å². The van der Waals surface area contributed by atoms with Gasteiger partial charge in [-0.05, 0) is 28.1 Å². The van der Waals surface area contributed by atoms with Crippen molar-refractivity contribution >= 4 is 27.5 Å². The molecule has 18 heavy (non-hydrogen) atoms. The number of hydrogen-bond donors (Lipinski definition) is 1. The second kappa shape index (κ2) is 5.59. The van der Waals surface area contributed by atoms with E-state index in [4.69, 9.17) is 4.74 Å². The maximum Gasteiger partial charge on any atom is 0.316 e. The van der Waals surface area contributed by atoms with Gasteiger partial charge in [0.1, 0.15) is 0 Å². The topological polar surface area (TPSA) is 64.1 Å². The van der Waals surface area contributed by atoms with Crippen LogP contribution in [0.15, 0.2) is 41.1 Å². The molecular formula is C12H10BrN3O2. The van der Waals surface area contributed by atoms with Gasteiger partial charge in [-0.15, -0.1) is 0 Å². The summed E-state index contributed by atoms with van der Waals surface area (Å²) in [5.41, 5.74) is 1.06. The Morgan fingerprint density at radius 3 is 2.56 bits per heavy atom. The van der Waals surface area contributed by atoms with Crippen LogP contribution < -0.4 is 10.1 Å². The minimum atomic E-state index is -0.226. The molecule has 2 rings (SSSR count). The average Bonchev–Trinajstić information content (AvgIpc) is 2.40. The third kappa shape index (κ3) is 2.84. The Morgan fingerprint density at radius 1 is 1.28 bits per heavy atom. The zero-order chi connectivity index (χ0) is 13.0. The Hall–Kier alpha value is -1.95. The third-order valence-electron chi connectivity index (χ3n) is 2.19. The Morgan fingerprint density at radius 2 is 1.94 bits per heavy atom. The summed E-state index contributed by atoms with van der Waals surface area (Å²) in [7, 11) is 1.48. The largest absolute Gasteiger partial charge is 0.467 e. The lowest BCUT2D eigenvalue weighted by Crippen LogP contribution is -2.13. The van der Waals surface area contributed by atoms with Gasteiger partial charge in [0, 0.05) is 4.47 Å². The fraction of sp³-hybridized carbons (Fsp3) is 0.0833. The van der Waals surface area contributed by atoms with Crippen LogP contribution in [0, 0.1) is 0 Å². The zero-order valence-corrected chi connectivity index (χ0v) is 11.1. The molecule has 0 aliphatic carbocycles. The molecule has 0 fully saturated rings. The number of methoxy groups -OCH3 is 1. The van der Waals surface area contributed by atoms with E-state index in [9.17, 15) is 4.79 Å². The molecule has 5 nitrogen and oxygen atoms in total. The third-order valence-corrected chi connectivity index (χ3v) is 2.88. The molecule has 0 aliphatic heterocycles. The number of hydrogen-bond acceptors (Lipinski definition) is 4. The molecule has 0 atom stereocenters. The second-order valence-electron chi connectivity index (χ2n) is 3.39. The van der Waals surface area contributed by atoms with Gasteiger partial charge in [0.2, 0.25) is 0 Å². The van der Waals surface area contributed by atoms with Gasteiger partial charge in [-0.2, -0.15) is 0 Å². The number of amides is 1. The van der Waals surface area contributed by atoms with E-state index < -0.39 is 0 Å². The fourth-order valence-corrected chi connectivity index (χ4v) is 1.79. The Balaban J connectivity index is 2.14. The maximum absolute atomic E-state index is 12.0. The summed E-state index contributed by atoms with van der Waals surface area (Å²) in [6.07, 6.45) is 2.97. The van der Waals surface area contributed by atoms with Crippen LogP contribution >= 0.6 is 15.9 Å². The van der Waals surface area contributed by atoms with Crippen LogP contribution in [0.25, 0.3) is 0 Å². The number of carbonyl (C=O) groups excluding carboxylic acids is 1. The maximum atomic E-state index is 12.0. The van der Waals surface area contributed by atoms with Crippen molar-refractivity contribution in [2.75, 3.05) is 12.4 Å². The number of carbonyl (C=O) groups is 1. The van der Waals surface area contributed by atoms with Gasteiger partial charge in [-0.3, -0.25) is 4.79 Å². The summed E-state index contributed by atoms with van der Waals surface area (Å²) in [4.78, 5) is 19.8. The van der Waals surface area contributed by atoms with Crippen molar-refractivity contribution in [1.82, 2.24) is 9.97 Å². The zero-order valence-electron chi connectivity index (χ0n) is 9.55. The van der Waals surface area contributed by atoms with Crippen molar-refractivity contribution < 1.29 is 9.53 Å². The first-order valence-corrected chi connectivity index (χ1v) is 5.92. The van der Waals surface area contributed by atoms with Crippen LogP contribution in [0.1, 0.15) is 10.4 Å². The van der Waals surface area contributed by atoms with Crippen LogP contribution in [0.2, 0.25) is 0 Å². The lowest BCUT2D eigenvalue weighted by atomic mass is 10.2. The van der Waals surface area contributed by atoms with E-state index >= 15 is 0 Å². The van der Waals surface area contributed by atoms with E-state index in [1.165, 1.54) is 19.5 Å². The lowest BCUT2D eigenvalue weighted by Gasteiger charge is -2.06. The molecule has 1 amide bonds. The lowest BCUT2D eigenvalue weighted by molar-refractivity contribution is 0.102. The smallest absolute Gasteiger partial charge is 0.316 e. The van der Waals surface area contributed by atoms with Crippen LogP contribution in [-0.2, 0) is 0 Å². The highest BCUT2D eigenvalue weighted by Gasteiger charge is 2.09. The van der Waals surface area contributed by atoms with E-state index in [-0.39, 0.29) is 11.9 Å². The normalized spacial score (nSPS) is 9.89. The van der Waals surface area contributed by atoms with E-state index in [1.807, 2.05) is 6.07 Å². The summed E-state index contributed by atoms with van der Waals surface area (Å²) in [5.74, 6) is -0.226. The van der Waals surface area contributed by atoms with Gasteiger partial charge < -0.3 is 10.1 Å². The van der Waals surface area contributed by atoms with Gasteiger partial charge >= 0.3 is 6.01 Å². The van der Waals surface area contributed by atoms with Crippen molar-refractivity contribution in [3.63, 3.8) is 0 Å². The van der Waals surface area contributed by atoms with Gasteiger partial charge in [0.25, 0.3) is 5.91 Å². The molecule has 0 spiro atoms. The van der Waals surface area contributed by atoms with Crippen molar-refractivity contribution in [2.45, 2.75) is 0 Å². The molecule has 1 heterocycles. The molecule has 6 heteroatoms. The molecule has 2 aromatic rings. The van der Waals surface area contributed by atoms with E-state index in [0.717, 1.165) is 4.47 Å². The number of rotatable bonds is 3. The second-order valence-corrected chi connectivity index (χ2v) is 4.25. The highest BCUT2D eigenvalue weighted by atomic mass is 79.9. The first-order valence-electron chi connectivity index (χ1n) is 5.12. The molecule has 0 aliphatic rings. The minimum Gasteiger partial charge on any atom is -0.467 e. The Bertz CT molecular complexity index is 558. The number of nitrogens with zero attached hydrogens (tertiary/aromatic N) is 2. The summed E-state index contributed by atoms with van der Waals surface area (Å²) in [5, 5.41) is 2.70. The fourth-order valence-electron chi connectivity index (χ4n) is 1.33. The number of halogens is 1. The summed E-state index contributed by atoms with van der Waals surface area (Å²) in [6, 6.07) is 7.43. The highest BCUT2D eigenvalue weighted by molar-refractivity contribution is 9.10. The molecular weight excluding hydrogens is 298 g/mol. The molecule has 0 saturated heterocycles. The molecule has 0 bridgehead atoms. The first-order chi connectivity index (χ1) is 8.70. The number of nitrogens with one attached hydrogen (secondary N) is 1. The van der Waals surface area contributed by atoms with Crippen LogP contribution in [0.4, 0.5) is 5.69 Å². The highest BCUT2D eigenvalue weighted by Crippen LogP contribution is 2.17. The number of anilines is 1. The van der Waals surface area contributed by atoms with E-state index in [1.54, 1.807) is 18.2 Å². The SMILES string of the molecule is COc1ncc(NC(=O)c2ccccc2Br)cn1. The molecule has 0 saturated carbocycles. The monoisotopic (exact) mass is 307 g/mol. The van der Waals surface area contributed by atoms with Crippen molar-refractivity contribution in [3.05, 3.63) is 46.7 Å². The van der Waals surface area contributed by atoms with Crippen molar-refractivity contribution in [3.8, 4) is 6.01 Å². The molecule has 1 aromatic heterocycles. The Kier molecular flexibility index (Phi) is 3.88. The van der Waals surface area contributed by atoms with Crippen LogP contribution in [0.5, 0.6) is 6.01 Å². The van der Waals surface area contributed by atoms with E-state index in [0.29, 0.717) is 11.3 Å². The molecule has 1 N–H and O–H groups in total. The van der Waals surface area contributed by atoms with Crippen LogP contribution in [0.3, 0.4) is 0 Å². The summed E-state index contributed by atoms with van der Waals surface area (Å²) in [6.45, 7) is 0. The molecule has 0 unspecified atom stereocenters. The summed E-state index contributed by atoms with van der Waals surface area (Å²) >= 11 is 3.32. The quantitative estimate of drug-likeness (QED) is 0.946. The molecule has 0 radical (unpaired) electrons. The Labute approximate surface area is 112 Å². The van der Waals surface area contributed by atoms with Gasteiger partial charge in [-0.1, -0.05) is 12.1 Å². The van der Waals surface area contributed by atoms with Crippen molar-refractivity contribution in [2.24, 2.45) is 0 Å². The standard InChI is InChI=1S/C12H10BrN3O2/c1-18-12-14-6-8(7-15-12)16-11(17)9-4-2-3-5-10(9)13/h2-7H,1H3,(H,16,17). The average molecular weight is 308 g/mol. The van der Waals surface area contributed by atoms with Crippen molar-refractivity contribution in [1.29, 1.82) is 0 Å². The first kappa shape index (κ1) is 12.5. The van der Waals surface area contributed by atoms with Crippen LogP contribution in [-0.4, -0.2) is 23.0 Å². The van der Waals surface area contributed by atoms with Gasteiger partial charge in [-0.25, -0.2) is 9.97 Å². The number of benzene rings is 1. The summed E-state index contributed by atoms with van der Waals surface area (Å²) < 4.78 is 5.57. The molecule has 1 aromatic carbocycles.